The zero-order valence-electron chi connectivity index (χ0n) is 30.5. The molecule has 0 spiro atoms. The van der Waals surface area contributed by atoms with Gasteiger partial charge in [-0.3, -0.25) is 0 Å². The highest BCUT2D eigenvalue weighted by molar-refractivity contribution is 6.25. The molecule has 0 atom stereocenters. The van der Waals surface area contributed by atoms with Crippen LogP contribution in [0.5, 0.6) is 0 Å². The van der Waals surface area contributed by atoms with Crippen LogP contribution < -0.4 is 0 Å². The lowest BCUT2D eigenvalue weighted by atomic mass is 9.98. The van der Waals surface area contributed by atoms with Crippen LogP contribution in [0.2, 0.25) is 0 Å². The number of hydrogen-bond acceptors (Lipinski definition) is 1. The van der Waals surface area contributed by atoms with Gasteiger partial charge in [0.2, 0.25) is 0 Å². The maximum Gasteiger partial charge on any atom is 0.138 e. The summed E-state index contributed by atoms with van der Waals surface area (Å²) in [5.74, 6) is 0.890. The molecule has 56 heavy (non-hydrogen) atoms. The number of aromatic nitrogens is 3. The van der Waals surface area contributed by atoms with Crippen LogP contribution in [-0.2, 0) is 0 Å². The van der Waals surface area contributed by atoms with Gasteiger partial charge in [0.05, 0.1) is 22.2 Å². The average Bonchev–Trinajstić information content (AvgIpc) is 3.87. The van der Waals surface area contributed by atoms with E-state index in [0.29, 0.717) is 0 Å². The highest BCUT2D eigenvalue weighted by Gasteiger charge is 2.19. The van der Waals surface area contributed by atoms with E-state index < -0.39 is 0 Å². The van der Waals surface area contributed by atoms with E-state index >= 15 is 0 Å². The van der Waals surface area contributed by atoms with Crippen LogP contribution in [0.25, 0.3) is 99.6 Å². The zero-order chi connectivity index (χ0) is 37.0. The van der Waals surface area contributed by atoms with Crippen molar-refractivity contribution in [3.8, 4) is 56.1 Å². The van der Waals surface area contributed by atoms with Crippen LogP contribution in [0.3, 0.4) is 0 Å². The van der Waals surface area contributed by atoms with E-state index in [2.05, 4.69) is 222 Å². The summed E-state index contributed by atoms with van der Waals surface area (Å²) in [4.78, 5) is 5.31. The molecule has 11 aromatic rings. The van der Waals surface area contributed by atoms with Crippen molar-refractivity contribution in [3.05, 3.63) is 212 Å². The second kappa shape index (κ2) is 13.1. The van der Waals surface area contributed by atoms with Crippen molar-refractivity contribution >= 4 is 43.5 Å². The van der Waals surface area contributed by atoms with Gasteiger partial charge in [-0.25, -0.2) is 4.98 Å². The molecule has 0 fully saturated rings. The van der Waals surface area contributed by atoms with Gasteiger partial charge in [0.25, 0.3) is 0 Å². The minimum absolute atomic E-state index is 0.890. The molecule has 0 saturated heterocycles. The lowest BCUT2D eigenvalue weighted by Gasteiger charge is -2.15. The van der Waals surface area contributed by atoms with E-state index in [0.717, 1.165) is 39.4 Å². The van der Waals surface area contributed by atoms with Crippen molar-refractivity contribution in [2.45, 2.75) is 0 Å². The molecular weight excluding hydrogens is 679 g/mol. The topological polar surface area (TPSA) is 22.8 Å². The first-order chi connectivity index (χ1) is 27.8. The van der Waals surface area contributed by atoms with E-state index in [4.69, 9.17) is 4.98 Å². The van der Waals surface area contributed by atoms with Crippen LogP contribution in [0.4, 0.5) is 0 Å². The van der Waals surface area contributed by atoms with Crippen LogP contribution in [0.1, 0.15) is 0 Å². The first kappa shape index (κ1) is 32.0. The molecule has 0 aliphatic carbocycles. The van der Waals surface area contributed by atoms with Crippen molar-refractivity contribution in [3.63, 3.8) is 0 Å². The van der Waals surface area contributed by atoms with Gasteiger partial charge in [0.1, 0.15) is 5.82 Å². The number of rotatable bonds is 6. The first-order valence-corrected chi connectivity index (χ1v) is 19.1. The van der Waals surface area contributed by atoms with E-state index in [1.165, 1.54) is 60.2 Å². The number of benzene rings is 8. The minimum Gasteiger partial charge on any atom is -0.309 e. The normalized spacial score (nSPS) is 11.6. The van der Waals surface area contributed by atoms with Crippen LogP contribution in [-0.4, -0.2) is 14.1 Å². The molecule has 0 aliphatic heterocycles. The van der Waals surface area contributed by atoms with Crippen molar-refractivity contribution in [2.75, 3.05) is 0 Å². The Labute approximate surface area is 325 Å². The fourth-order valence-electron chi connectivity index (χ4n) is 8.50. The smallest absolute Gasteiger partial charge is 0.138 e. The molecule has 3 heterocycles. The van der Waals surface area contributed by atoms with Crippen molar-refractivity contribution < 1.29 is 0 Å². The Morgan fingerprint density at radius 3 is 1.55 bits per heavy atom. The third-order valence-electron chi connectivity index (χ3n) is 11.1. The molecule has 0 radical (unpaired) electrons. The summed E-state index contributed by atoms with van der Waals surface area (Å²) in [6.45, 7) is 0. The average molecular weight is 714 g/mol. The van der Waals surface area contributed by atoms with E-state index in [-0.39, 0.29) is 0 Å². The van der Waals surface area contributed by atoms with Gasteiger partial charge in [-0.1, -0.05) is 158 Å². The Kier molecular flexibility index (Phi) is 7.49. The Balaban J connectivity index is 1.16. The third-order valence-corrected chi connectivity index (χ3v) is 11.1. The number of hydrogen-bond donors (Lipinski definition) is 0. The molecule has 0 N–H and O–H groups in total. The predicted octanol–water partition coefficient (Wildman–Crippen LogP) is 13.9. The predicted molar refractivity (Wildman–Crippen MR) is 235 cm³/mol. The second-order valence-corrected chi connectivity index (χ2v) is 14.4. The molecule has 0 saturated carbocycles. The summed E-state index contributed by atoms with van der Waals surface area (Å²) in [6, 6.07) is 74.1. The zero-order valence-corrected chi connectivity index (χ0v) is 30.5. The van der Waals surface area contributed by atoms with Gasteiger partial charge in [0, 0.05) is 39.0 Å². The Hall–Kier alpha value is -7.49. The van der Waals surface area contributed by atoms with Gasteiger partial charge >= 0.3 is 0 Å². The van der Waals surface area contributed by atoms with Gasteiger partial charge in [0.15, 0.2) is 0 Å². The molecule has 8 aromatic carbocycles. The first-order valence-electron chi connectivity index (χ1n) is 19.1. The molecule has 11 rings (SSSR count). The monoisotopic (exact) mass is 713 g/mol. The lowest BCUT2D eigenvalue weighted by molar-refractivity contribution is 1.05. The van der Waals surface area contributed by atoms with Crippen molar-refractivity contribution in [1.82, 2.24) is 14.1 Å². The molecule has 0 unspecified atom stereocenters. The maximum atomic E-state index is 5.31. The molecule has 0 bridgehead atoms. The molecular formula is C53H35N3. The Morgan fingerprint density at radius 2 is 0.911 bits per heavy atom. The van der Waals surface area contributed by atoms with Gasteiger partial charge in [-0.05, 0) is 87.3 Å². The summed E-state index contributed by atoms with van der Waals surface area (Å²) < 4.78 is 4.72. The summed E-state index contributed by atoms with van der Waals surface area (Å²) >= 11 is 0. The summed E-state index contributed by atoms with van der Waals surface area (Å²) in [6.07, 6.45) is 2.17. The maximum absolute atomic E-state index is 5.31. The van der Waals surface area contributed by atoms with Gasteiger partial charge in [-0.15, -0.1) is 0 Å². The summed E-state index contributed by atoms with van der Waals surface area (Å²) in [5.41, 5.74) is 13.7. The van der Waals surface area contributed by atoms with E-state index in [9.17, 15) is 0 Å². The minimum atomic E-state index is 0.890. The quantitative estimate of drug-likeness (QED) is 0.168. The SMILES string of the molecule is c1ccc(-c2cc(-c3ccccc3)cc(-n3c4ccccc4c4c5ccc6ccn(-c7cc(-c8ccccc8)cc(-c8ccccc8)n7)c6c5ccc43)c2)cc1. The standard InChI is InChI=1S/C53H35N3/c1-5-15-36(16-6-1)41-31-42(37-17-7-2-8-18-37)33-44(32-41)56-49-24-14-13-23-47(49)52-45-26-25-40-29-30-55(53(40)46(45)27-28-50(52)56)51-35-43(38-19-9-3-10-20-38)34-48(54-51)39-21-11-4-12-22-39/h1-35H. The molecule has 0 aliphatic rings. The van der Waals surface area contributed by atoms with Crippen molar-refractivity contribution in [1.29, 1.82) is 0 Å². The molecule has 3 aromatic heterocycles. The second-order valence-electron chi connectivity index (χ2n) is 14.4. The van der Waals surface area contributed by atoms with Gasteiger partial charge < -0.3 is 9.13 Å². The Bertz CT molecular complexity index is 3100. The van der Waals surface area contributed by atoms with E-state index in [1.54, 1.807) is 0 Å². The molecule has 3 nitrogen and oxygen atoms in total. The molecule has 3 heteroatoms. The van der Waals surface area contributed by atoms with Gasteiger partial charge in [-0.2, -0.15) is 0 Å². The van der Waals surface area contributed by atoms with Crippen LogP contribution in [0, 0.1) is 0 Å². The fourth-order valence-corrected chi connectivity index (χ4v) is 8.50. The van der Waals surface area contributed by atoms with Crippen LogP contribution in [0.15, 0.2) is 212 Å². The number of pyridine rings is 1. The third kappa shape index (κ3) is 5.32. The summed E-state index contributed by atoms with van der Waals surface area (Å²) in [5, 5.41) is 6.06. The van der Waals surface area contributed by atoms with E-state index in [1.807, 2.05) is 0 Å². The highest BCUT2D eigenvalue weighted by atomic mass is 15.1. The fraction of sp³-hybridized carbons (Fsp3) is 0. The molecule has 0 amide bonds. The summed E-state index contributed by atoms with van der Waals surface area (Å²) in [7, 11) is 0. The van der Waals surface area contributed by atoms with Crippen molar-refractivity contribution in [2.24, 2.45) is 0 Å². The number of para-hydroxylation sites is 1. The lowest BCUT2D eigenvalue weighted by Crippen LogP contribution is -1.99. The number of nitrogens with zero attached hydrogens (tertiary/aromatic N) is 3. The largest absolute Gasteiger partial charge is 0.309 e. The Morgan fingerprint density at radius 1 is 0.357 bits per heavy atom. The van der Waals surface area contributed by atoms with Crippen LogP contribution >= 0.6 is 0 Å². The highest BCUT2D eigenvalue weighted by Crippen LogP contribution is 2.41. The number of fused-ring (bicyclic) bond motifs is 7. The molecule has 262 valence electrons.